The highest BCUT2D eigenvalue weighted by atomic mass is 14.5. The smallest absolute Gasteiger partial charge is 0.0164 e. The molecular formula is C22H18. The van der Waals surface area contributed by atoms with Gasteiger partial charge in [-0.2, -0.15) is 0 Å². The Bertz CT molecular complexity index is 784. The van der Waals surface area contributed by atoms with Gasteiger partial charge in [-0.15, -0.1) is 0 Å². The van der Waals surface area contributed by atoms with Gasteiger partial charge in [-0.1, -0.05) is 78.9 Å². The molecule has 3 aromatic rings. The molecule has 0 saturated carbocycles. The van der Waals surface area contributed by atoms with Gasteiger partial charge >= 0.3 is 0 Å². The summed E-state index contributed by atoms with van der Waals surface area (Å²) in [5.74, 6) is 1.68. The number of benzene rings is 3. The van der Waals surface area contributed by atoms with Crippen molar-refractivity contribution < 1.29 is 0 Å². The third kappa shape index (κ3) is 1.58. The van der Waals surface area contributed by atoms with Crippen molar-refractivity contribution in [3.63, 3.8) is 0 Å². The van der Waals surface area contributed by atoms with Crippen molar-refractivity contribution in [2.24, 2.45) is 0 Å². The molecule has 3 aromatic carbocycles. The number of fused-ring (bicyclic) bond motifs is 1. The Morgan fingerprint density at radius 2 is 1.05 bits per heavy atom. The van der Waals surface area contributed by atoms with E-state index in [9.17, 15) is 0 Å². The normalized spacial score (nSPS) is 24.6. The standard InChI is InChI=1S/C22H18/c1-2-8-15(9-3-1)20-14-21-16-10-4-6-12-18(16)22(20)19-13-7-5-11-17(19)21/h1-13,20-22H,14H2. The molecule has 0 nitrogen and oxygen atoms in total. The molecule has 6 rings (SSSR count). The number of hydrogen-bond acceptors (Lipinski definition) is 0. The number of rotatable bonds is 1. The molecule has 0 heteroatoms. The van der Waals surface area contributed by atoms with Gasteiger partial charge in [0.25, 0.3) is 0 Å². The molecule has 3 aliphatic carbocycles. The molecule has 2 bridgehead atoms. The first-order valence-electron chi connectivity index (χ1n) is 8.16. The fraction of sp³-hybridized carbons (Fsp3) is 0.182. The lowest BCUT2D eigenvalue weighted by Gasteiger charge is -2.45. The maximum Gasteiger partial charge on any atom is 0.0164 e. The summed E-state index contributed by atoms with van der Waals surface area (Å²) >= 11 is 0. The highest BCUT2D eigenvalue weighted by molar-refractivity contribution is 5.57. The first-order valence-corrected chi connectivity index (χ1v) is 8.16. The van der Waals surface area contributed by atoms with Crippen LogP contribution < -0.4 is 0 Å². The van der Waals surface area contributed by atoms with E-state index >= 15 is 0 Å². The fourth-order valence-electron chi connectivity index (χ4n) is 4.66. The second kappa shape index (κ2) is 4.58. The molecular weight excluding hydrogens is 264 g/mol. The van der Waals surface area contributed by atoms with E-state index in [1.165, 1.54) is 12.0 Å². The SMILES string of the molecule is c1ccc(C2CC3c4ccccc4C2c2ccccc23)cc1. The van der Waals surface area contributed by atoms with E-state index < -0.39 is 0 Å². The van der Waals surface area contributed by atoms with Gasteiger partial charge in [0.2, 0.25) is 0 Å². The summed E-state index contributed by atoms with van der Waals surface area (Å²) in [5.41, 5.74) is 7.69. The van der Waals surface area contributed by atoms with Gasteiger partial charge in [-0.05, 0) is 40.2 Å². The van der Waals surface area contributed by atoms with Gasteiger partial charge in [0, 0.05) is 11.8 Å². The third-order valence-electron chi connectivity index (χ3n) is 5.53. The summed E-state index contributed by atoms with van der Waals surface area (Å²) in [5, 5.41) is 0. The van der Waals surface area contributed by atoms with Crippen LogP contribution in [-0.4, -0.2) is 0 Å². The quantitative estimate of drug-likeness (QED) is 0.556. The van der Waals surface area contributed by atoms with Crippen LogP contribution in [0.2, 0.25) is 0 Å². The molecule has 0 saturated heterocycles. The van der Waals surface area contributed by atoms with Gasteiger partial charge in [-0.25, -0.2) is 0 Å². The second-order valence-electron chi connectivity index (χ2n) is 6.54. The highest BCUT2D eigenvalue weighted by Crippen LogP contribution is 2.58. The lowest BCUT2D eigenvalue weighted by atomic mass is 9.58. The fourth-order valence-corrected chi connectivity index (χ4v) is 4.66. The van der Waals surface area contributed by atoms with E-state index in [0.29, 0.717) is 17.8 Å². The Kier molecular flexibility index (Phi) is 2.54. The predicted octanol–water partition coefficient (Wildman–Crippen LogP) is 5.45. The van der Waals surface area contributed by atoms with Crippen molar-refractivity contribution in [2.45, 2.75) is 24.2 Å². The lowest BCUT2D eigenvalue weighted by molar-refractivity contribution is 0.450. The Labute approximate surface area is 131 Å². The van der Waals surface area contributed by atoms with Crippen LogP contribution in [0.5, 0.6) is 0 Å². The molecule has 0 spiro atoms. The van der Waals surface area contributed by atoms with Crippen LogP contribution in [0.1, 0.15) is 52.0 Å². The Hall–Kier alpha value is -2.34. The van der Waals surface area contributed by atoms with Crippen molar-refractivity contribution in [3.8, 4) is 0 Å². The van der Waals surface area contributed by atoms with Crippen molar-refractivity contribution >= 4 is 0 Å². The predicted molar refractivity (Wildman–Crippen MR) is 90.4 cm³/mol. The third-order valence-corrected chi connectivity index (χ3v) is 5.53. The Morgan fingerprint density at radius 3 is 1.64 bits per heavy atom. The highest BCUT2D eigenvalue weighted by Gasteiger charge is 2.43. The van der Waals surface area contributed by atoms with Gasteiger partial charge in [0.15, 0.2) is 0 Å². The maximum absolute atomic E-state index is 2.35. The van der Waals surface area contributed by atoms with Gasteiger partial charge < -0.3 is 0 Å². The van der Waals surface area contributed by atoms with Crippen LogP contribution in [0.25, 0.3) is 0 Å². The van der Waals surface area contributed by atoms with Crippen molar-refractivity contribution in [2.75, 3.05) is 0 Å². The van der Waals surface area contributed by atoms with Crippen molar-refractivity contribution in [1.82, 2.24) is 0 Å². The van der Waals surface area contributed by atoms with Gasteiger partial charge in [-0.3, -0.25) is 0 Å². The molecule has 0 heterocycles. The van der Waals surface area contributed by atoms with Crippen LogP contribution in [-0.2, 0) is 0 Å². The van der Waals surface area contributed by atoms with Crippen LogP contribution in [0.3, 0.4) is 0 Å². The molecule has 106 valence electrons. The molecule has 0 aliphatic heterocycles. The maximum atomic E-state index is 2.35. The minimum atomic E-state index is 0.514. The zero-order valence-electron chi connectivity index (χ0n) is 12.4. The van der Waals surface area contributed by atoms with Crippen molar-refractivity contribution in [3.05, 3.63) is 107 Å². The van der Waals surface area contributed by atoms with E-state index in [1.54, 1.807) is 22.3 Å². The molecule has 1 atom stereocenters. The summed E-state index contributed by atoms with van der Waals surface area (Å²) in [6.07, 6.45) is 1.24. The monoisotopic (exact) mass is 282 g/mol. The lowest BCUT2D eigenvalue weighted by Crippen LogP contribution is -2.30. The molecule has 22 heavy (non-hydrogen) atoms. The summed E-state index contributed by atoms with van der Waals surface area (Å²) in [6, 6.07) is 29.2. The largest absolute Gasteiger partial charge is 0.0622 e. The molecule has 0 aromatic heterocycles. The Morgan fingerprint density at radius 1 is 0.545 bits per heavy atom. The molecule has 0 amide bonds. The van der Waals surface area contributed by atoms with E-state index in [-0.39, 0.29) is 0 Å². The van der Waals surface area contributed by atoms with Crippen LogP contribution in [0, 0.1) is 0 Å². The van der Waals surface area contributed by atoms with E-state index in [1.807, 2.05) is 0 Å². The average Bonchev–Trinajstić information content (AvgIpc) is 2.62. The topological polar surface area (TPSA) is 0 Å². The first kappa shape index (κ1) is 12.2. The zero-order valence-corrected chi connectivity index (χ0v) is 12.4. The summed E-state index contributed by atoms with van der Waals surface area (Å²) in [7, 11) is 0. The molecule has 3 aliphatic rings. The van der Waals surface area contributed by atoms with E-state index in [2.05, 4.69) is 78.9 Å². The summed E-state index contributed by atoms with van der Waals surface area (Å²) in [6.45, 7) is 0. The number of hydrogen-bond donors (Lipinski definition) is 0. The van der Waals surface area contributed by atoms with E-state index in [4.69, 9.17) is 0 Å². The molecule has 0 fully saturated rings. The van der Waals surface area contributed by atoms with Crippen LogP contribution in [0.4, 0.5) is 0 Å². The summed E-state index contributed by atoms with van der Waals surface area (Å²) < 4.78 is 0. The molecule has 0 N–H and O–H groups in total. The first-order chi connectivity index (χ1) is 10.9. The second-order valence-corrected chi connectivity index (χ2v) is 6.54. The summed E-state index contributed by atoms with van der Waals surface area (Å²) in [4.78, 5) is 0. The zero-order chi connectivity index (χ0) is 14.5. The van der Waals surface area contributed by atoms with Gasteiger partial charge in [0.05, 0.1) is 0 Å². The minimum Gasteiger partial charge on any atom is -0.0622 e. The van der Waals surface area contributed by atoms with Gasteiger partial charge in [0.1, 0.15) is 0 Å². The average molecular weight is 282 g/mol. The molecule has 1 unspecified atom stereocenters. The Balaban J connectivity index is 1.76. The van der Waals surface area contributed by atoms with Crippen molar-refractivity contribution in [1.29, 1.82) is 0 Å². The van der Waals surface area contributed by atoms with Crippen LogP contribution in [0.15, 0.2) is 78.9 Å². The van der Waals surface area contributed by atoms with Crippen LogP contribution >= 0.6 is 0 Å². The minimum absolute atomic E-state index is 0.514. The van der Waals surface area contributed by atoms with E-state index in [0.717, 1.165) is 0 Å². The molecule has 0 radical (unpaired) electrons.